The highest BCUT2D eigenvalue weighted by atomic mass is 16.5. The molecular weight excluding hydrogens is 422 g/mol. The number of ketones is 1. The molecule has 0 radical (unpaired) electrons. The molecule has 166 valence electrons. The summed E-state index contributed by atoms with van der Waals surface area (Å²) in [4.78, 5) is 47.6. The molecule has 3 aromatic rings. The van der Waals surface area contributed by atoms with Crippen LogP contribution in [0, 0.1) is 0 Å². The van der Waals surface area contributed by atoms with Crippen LogP contribution in [0.4, 0.5) is 5.69 Å². The third kappa shape index (κ3) is 4.23. The maximum atomic E-state index is 13.1. The summed E-state index contributed by atoms with van der Waals surface area (Å²) in [6.45, 7) is 2.21. The number of carbonyl (C=O) groups is 3. The second kappa shape index (κ2) is 9.44. The van der Waals surface area contributed by atoms with Crippen LogP contribution in [0.15, 0.2) is 78.9 Å². The number of hydrogen-bond donors (Lipinski definition) is 1. The molecule has 1 aliphatic rings. The molecule has 3 heterocycles. The van der Waals surface area contributed by atoms with Crippen molar-refractivity contribution in [2.24, 2.45) is 0 Å². The fourth-order valence-corrected chi connectivity index (χ4v) is 3.65. The number of nitrogens with zero attached hydrogens (tertiary/aromatic N) is 3. The predicted molar refractivity (Wildman–Crippen MR) is 120 cm³/mol. The van der Waals surface area contributed by atoms with Gasteiger partial charge in [0.05, 0.1) is 23.8 Å². The van der Waals surface area contributed by atoms with Crippen LogP contribution in [0.1, 0.15) is 40.9 Å². The van der Waals surface area contributed by atoms with Crippen molar-refractivity contribution < 1.29 is 24.2 Å². The number of rotatable bonds is 6. The van der Waals surface area contributed by atoms with Crippen molar-refractivity contribution in [1.29, 1.82) is 0 Å². The Balaban J connectivity index is 1.80. The summed E-state index contributed by atoms with van der Waals surface area (Å²) in [5.74, 6) is -2.37. The standard InChI is InChI=1S/C25H21N3O5/c1-2-14-33-25(32)17-5-7-19(8-6-17)28-21(18-4-3-11-27-15-18)20(23(30)24(28)31)22(29)16-9-12-26-13-10-16/h3-13,15,21,29H,2,14H2,1H3/b22-20+. The zero-order valence-corrected chi connectivity index (χ0v) is 17.8. The molecule has 0 bridgehead atoms. The van der Waals surface area contributed by atoms with Gasteiger partial charge >= 0.3 is 5.97 Å². The first kappa shape index (κ1) is 21.9. The summed E-state index contributed by atoms with van der Waals surface area (Å²) in [6, 6.07) is 11.9. The minimum atomic E-state index is -0.898. The van der Waals surface area contributed by atoms with Gasteiger partial charge in [-0.15, -0.1) is 0 Å². The van der Waals surface area contributed by atoms with Crippen LogP contribution in [0.3, 0.4) is 0 Å². The molecule has 4 rings (SSSR count). The molecule has 1 aromatic carbocycles. The Kier molecular flexibility index (Phi) is 6.26. The van der Waals surface area contributed by atoms with Gasteiger partial charge in [-0.2, -0.15) is 0 Å². The summed E-state index contributed by atoms with van der Waals surface area (Å²) in [5, 5.41) is 11.0. The lowest BCUT2D eigenvalue weighted by Crippen LogP contribution is -2.29. The lowest BCUT2D eigenvalue weighted by atomic mass is 9.96. The van der Waals surface area contributed by atoms with Crippen LogP contribution >= 0.6 is 0 Å². The molecular formula is C25H21N3O5. The Labute approximate surface area is 190 Å². The Morgan fingerprint density at radius 1 is 1.00 bits per heavy atom. The molecule has 2 aromatic heterocycles. The largest absolute Gasteiger partial charge is 0.507 e. The zero-order chi connectivity index (χ0) is 23.4. The number of aliphatic hydroxyl groups is 1. The minimum Gasteiger partial charge on any atom is -0.507 e. The van der Waals surface area contributed by atoms with Gasteiger partial charge in [0.2, 0.25) is 0 Å². The number of pyridine rings is 2. The first-order valence-corrected chi connectivity index (χ1v) is 10.4. The summed E-state index contributed by atoms with van der Waals surface area (Å²) in [7, 11) is 0. The van der Waals surface area contributed by atoms with E-state index >= 15 is 0 Å². The van der Waals surface area contributed by atoms with Gasteiger partial charge in [0.25, 0.3) is 11.7 Å². The summed E-state index contributed by atoms with van der Waals surface area (Å²) in [6.07, 6.45) is 6.80. The average Bonchev–Trinajstić information content (AvgIpc) is 3.13. The zero-order valence-electron chi connectivity index (χ0n) is 17.8. The number of anilines is 1. The number of Topliss-reactive ketones (excluding diaryl/α,β-unsaturated/α-hetero) is 1. The number of aliphatic hydroxyl groups excluding tert-OH is 1. The molecule has 1 unspecified atom stereocenters. The van der Waals surface area contributed by atoms with Crippen LogP contribution in [-0.2, 0) is 14.3 Å². The lowest BCUT2D eigenvalue weighted by molar-refractivity contribution is -0.132. The molecule has 1 aliphatic heterocycles. The molecule has 1 N–H and O–H groups in total. The molecule has 1 saturated heterocycles. The van der Waals surface area contributed by atoms with Crippen molar-refractivity contribution in [1.82, 2.24) is 9.97 Å². The topological polar surface area (TPSA) is 110 Å². The van der Waals surface area contributed by atoms with E-state index in [9.17, 15) is 19.5 Å². The maximum absolute atomic E-state index is 13.1. The first-order chi connectivity index (χ1) is 16.0. The molecule has 0 saturated carbocycles. The van der Waals surface area contributed by atoms with E-state index in [1.807, 2.05) is 6.92 Å². The van der Waals surface area contributed by atoms with Crippen molar-refractivity contribution in [3.8, 4) is 0 Å². The van der Waals surface area contributed by atoms with Gasteiger partial charge in [-0.25, -0.2) is 4.79 Å². The van der Waals surface area contributed by atoms with Crippen molar-refractivity contribution in [2.45, 2.75) is 19.4 Å². The second-order valence-corrected chi connectivity index (χ2v) is 7.37. The Morgan fingerprint density at radius 3 is 2.36 bits per heavy atom. The summed E-state index contributed by atoms with van der Waals surface area (Å²) in [5.41, 5.74) is 1.60. The summed E-state index contributed by atoms with van der Waals surface area (Å²) < 4.78 is 5.14. The third-order valence-electron chi connectivity index (χ3n) is 5.22. The summed E-state index contributed by atoms with van der Waals surface area (Å²) >= 11 is 0. The highest BCUT2D eigenvalue weighted by Gasteiger charge is 2.47. The smallest absolute Gasteiger partial charge is 0.338 e. The number of ether oxygens (including phenoxy) is 1. The van der Waals surface area contributed by atoms with E-state index in [1.165, 1.54) is 29.4 Å². The van der Waals surface area contributed by atoms with Gasteiger partial charge < -0.3 is 9.84 Å². The highest BCUT2D eigenvalue weighted by molar-refractivity contribution is 6.51. The monoisotopic (exact) mass is 443 g/mol. The second-order valence-electron chi connectivity index (χ2n) is 7.37. The van der Waals surface area contributed by atoms with Crippen LogP contribution in [0.5, 0.6) is 0 Å². The van der Waals surface area contributed by atoms with E-state index < -0.39 is 23.7 Å². The van der Waals surface area contributed by atoms with Gasteiger partial charge in [-0.1, -0.05) is 13.0 Å². The van der Waals surface area contributed by atoms with E-state index in [2.05, 4.69) is 9.97 Å². The molecule has 1 fully saturated rings. The van der Waals surface area contributed by atoms with Gasteiger partial charge in [0.1, 0.15) is 5.76 Å². The van der Waals surface area contributed by atoms with Gasteiger partial charge in [0, 0.05) is 36.0 Å². The van der Waals surface area contributed by atoms with Crippen LogP contribution < -0.4 is 4.90 Å². The van der Waals surface area contributed by atoms with E-state index in [1.54, 1.807) is 48.8 Å². The molecule has 0 aliphatic carbocycles. The Bertz CT molecular complexity index is 1210. The first-order valence-electron chi connectivity index (χ1n) is 10.4. The lowest BCUT2D eigenvalue weighted by Gasteiger charge is -2.25. The maximum Gasteiger partial charge on any atom is 0.338 e. The molecule has 1 atom stereocenters. The van der Waals surface area contributed by atoms with Crippen LogP contribution in [0.2, 0.25) is 0 Å². The third-order valence-corrected chi connectivity index (χ3v) is 5.22. The van der Waals surface area contributed by atoms with Gasteiger partial charge in [-0.05, 0) is 54.4 Å². The predicted octanol–water partition coefficient (Wildman–Crippen LogP) is 3.67. The van der Waals surface area contributed by atoms with Gasteiger partial charge in [0.15, 0.2) is 0 Å². The van der Waals surface area contributed by atoms with Crippen molar-refractivity contribution in [3.63, 3.8) is 0 Å². The SMILES string of the molecule is CCCOC(=O)c1ccc(N2C(=O)C(=O)/C(=C(/O)c3ccncc3)C2c2cccnc2)cc1. The quantitative estimate of drug-likeness (QED) is 0.268. The number of amides is 1. The Morgan fingerprint density at radius 2 is 1.73 bits per heavy atom. The number of aromatic nitrogens is 2. The van der Waals surface area contributed by atoms with E-state index in [-0.39, 0.29) is 11.3 Å². The van der Waals surface area contributed by atoms with Crippen molar-refractivity contribution in [2.75, 3.05) is 11.5 Å². The van der Waals surface area contributed by atoms with E-state index in [0.717, 1.165) is 0 Å². The van der Waals surface area contributed by atoms with Crippen molar-refractivity contribution >= 4 is 29.1 Å². The average molecular weight is 443 g/mol. The highest BCUT2D eigenvalue weighted by Crippen LogP contribution is 2.41. The molecule has 33 heavy (non-hydrogen) atoms. The minimum absolute atomic E-state index is 0.0503. The number of carbonyl (C=O) groups excluding carboxylic acids is 3. The Hall–Kier alpha value is -4.33. The van der Waals surface area contributed by atoms with E-state index in [4.69, 9.17) is 4.74 Å². The number of esters is 1. The molecule has 0 spiro atoms. The van der Waals surface area contributed by atoms with Crippen LogP contribution in [-0.4, -0.2) is 39.3 Å². The molecule has 8 heteroatoms. The van der Waals surface area contributed by atoms with Gasteiger partial charge in [-0.3, -0.25) is 24.5 Å². The normalized spacial score (nSPS) is 17.2. The fraction of sp³-hybridized carbons (Fsp3) is 0.160. The fourth-order valence-electron chi connectivity index (χ4n) is 3.65. The number of benzene rings is 1. The molecule has 8 nitrogen and oxygen atoms in total. The number of hydrogen-bond acceptors (Lipinski definition) is 7. The van der Waals surface area contributed by atoms with E-state index in [0.29, 0.717) is 35.4 Å². The molecule has 1 amide bonds. The van der Waals surface area contributed by atoms with Crippen molar-refractivity contribution in [3.05, 3.63) is 95.6 Å². The van der Waals surface area contributed by atoms with Crippen LogP contribution in [0.25, 0.3) is 5.76 Å².